The molecule has 0 aliphatic heterocycles. The Morgan fingerprint density at radius 1 is 1.45 bits per heavy atom. The first kappa shape index (κ1) is 18.3. The first-order valence-electron chi connectivity index (χ1n) is 6.54. The summed E-state index contributed by atoms with van der Waals surface area (Å²) in [6.45, 7) is 2.69. The van der Waals surface area contributed by atoms with Gasteiger partial charge in [-0.15, -0.1) is 24.0 Å². The van der Waals surface area contributed by atoms with E-state index in [2.05, 4.69) is 20.4 Å². The molecule has 0 spiro atoms. The van der Waals surface area contributed by atoms with Gasteiger partial charge in [0.1, 0.15) is 5.82 Å². The summed E-state index contributed by atoms with van der Waals surface area (Å²) < 4.78 is 18.2. The van der Waals surface area contributed by atoms with Crippen LogP contribution < -0.4 is 5.32 Å². The molecule has 8 heteroatoms. The maximum Gasteiger partial charge on any atom is 0.246 e. The number of hydrogen-bond acceptors (Lipinski definition) is 4. The largest absolute Gasteiger partial charge is 0.347 e. The molecule has 0 aliphatic rings. The van der Waals surface area contributed by atoms with Crippen LogP contribution in [0.2, 0.25) is 0 Å². The lowest BCUT2D eigenvalue weighted by Gasteiger charge is -2.21. The third-order valence-corrected chi connectivity index (χ3v) is 2.85. The van der Waals surface area contributed by atoms with Crippen LogP contribution in [0.4, 0.5) is 4.39 Å². The SMILES string of the molecule is CN=C(NCc1nc(C)no1)N(C)Cc1cccc(F)c1.I. The molecule has 6 nitrogen and oxygen atoms in total. The van der Waals surface area contributed by atoms with Crippen LogP contribution >= 0.6 is 24.0 Å². The Kier molecular flexibility index (Phi) is 7.22. The molecule has 0 aliphatic carbocycles. The molecule has 1 aromatic carbocycles. The van der Waals surface area contributed by atoms with Crippen LogP contribution in [-0.4, -0.2) is 35.1 Å². The summed E-state index contributed by atoms with van der Waals surface area (Å²) >= 11 is 0. The van der Waals surface area contributed by atoms with E-state index in [0.717, 1.165) is 5.56 Å². The van der Waals surface area contributed by atoms with Crippen molar-refractivity contribution in [1.82, 2.24) is 20.4 Å². The van der Waals surface area contributed by atoms with Crippen LogP contribution in [0, 0.1) is 12.7 Å². The predicted molar refractivity (Wildman–Crippen MR) is 92.5 cm³/mol. The van der Waals surface area contributed by atoms with Gasteiger partial charge in [-0.1, -0.05) is 17.3 Å². The summed E-state index contributed by atoms with van der Waals surface area (Å²) in [5.41, 5.74) is 0.870. The summed E-state index contributed by atoms with van der Waals surface area (Å²) in [5, 5.41) is 6.84. The van der Waals surface area contributed by atoms with E-state index >= 15 is 0 Å². The zero-order chi connectivity index (χ0) is 15.2. The number of guanidine groups is 1. The molecular weight excluding hydrogens is 400 g/mol. The summed E-state index contributed by atoms with van der Waals surface area (Å²) in [5.74, 6) is 1.50. The highest BCUT2D eigenvalue weighted by Gasteiger charge is 2.09. The first-order chi connectivity index (χ1) is 10.1. The molecule has 1 aromatic heterocycles. The minimum atomic E-state index is -0.245. The average molecular weight is 419 g/mol. The normalized spacial score (nSPS) is 11.0. The van der Waals surface area contributed by atoms with Crippen molar-refractivity contribution >= 4 is 29.9 Å². The van der Waals surface area contributed by atoms with E-state index in [0.29, 0.717) is 30.8 Å². The van der Waals surface area contributed by atoms with Crippen LogP contribution in [0.25, 0.3) is 0 Å². The van der Waals surface area contributed by atoms with E-state index in [-0.39, 0.29) is 29.8 Å². The average Bonchev–Trinajstić information content (AvgIpc) is 2.85. The van der Waals surface area contributed by atoms with Crippen molar-refractivity contribution in [2.24, 2.45) is 4.99 Å². The number of aryl methyl sites for hydroxylation is 1. The third kappa shape index (κ3) is 5.24. The van der Waals surface area contributed by atoms with E-state index in [1.54, 1.807) is 20.0 Å². The van der Waals surface area contributed by atoms with Gasteiger partial charge in [-0.05, 0) is 24.6 Å². The van der Waals surface area contributed by atoms with Crippen LogP contribution in [0.3, 0.4) is 0 Å². The van der Waals surface area contributed by atoms with Gasteiger partial charge in [0.15, 0.2) is 11.8 Å². The fourth-order valence-corrected chi connectivity index (χ4v) is 1.94. The Morgan fingerprint density at radius 3 is 2.82 bits per heavy atom. The Balaban J connectivity index is 0.00000242. The minimum absolute atomic E-state index is 0. The van der Waals surface area contributed by atoms with Gasteiger partial charge in [-0.25, -0.2) is 4.39 Å². The molecule has 0 unspecified atom stereocenters. The summed E-state index contributed by atoms with van der Waals surface area (Å²) in [4.78, 5) is 10.2. The molecule has 0 fully saturated rings. The number of aromatic nitrogens is 2. The Labute approximate surface area is 145 Å². The van der Waals surface area contributed by atoms with Crippen molar-refractivity contribution < 1.29 is 8.91 Å². The molecule has 0 bridgehead atoms. The van der Waals surface area contributed by atoms with E-state index in [4.69, 9.17) is 4.52 Å². The van der Waals surface area contributed by atoms with Crippen molar-refractivity contribution in [3.05, 3.63) is 47.4 Å². The molecule has 22 heavy (non-hydrogen) atoms. The molecule has 2 rings (SSSR count). The van der Waals surface area contributed by atoms with Crippen molar-refractivity contribution in [2.75, 3.05) is 14.1 Å². The molecule has 0 saturated heterocycles. The van der Waals surface area contributed by atoms with Crippen LogP contribution in [-0.2, 0) is 13.1 Å². The maximum atomic E-state index is 13.2. The van der Waals surface area contributed by atoms with Gasteiger partial charge in [-0.2, -0.15) is 4.98 Å². The lowest BCUT2D eigenvalue weighted by Crippen LogP contribution is -2.38. The predicted octanol–water partition coefficient (Wildman–Crippen LogP) is 2.34. The molecule has 0 saturated carbocycles. The number of nitrogens with one attached hydrogen (secondary N) is 1. The lowest BCUT2D eigenvalue weighted by molar-refractivity contribution is 0.368. The molecule has 1 N–H and O–H groups in total. The van der Waals surface area contributed by atoms with Gasteiger partial charge in [0.25, 0.3) is 0 Å². The molecule has 120 valence electrons. The standard InChI is InChI=1S/C14H18FN5O.HI/c1-10-18-13(21-19-10)8-17-14(16-2)20(3)9-11-5-4-6-12(15)7-11;/h4-7H,8-9H2,1-3H3,(H,16,17);1H. The second-order valence-electron chi connectivity index (χ2n) is 4.62. The van der Waals surface area contributed by atoms with E-state index < -0.39 is 0 Å². The zero-order valence-electron chi connectivity index (χ0n) is 12.7. The van der Waals surface area contributed by atoms with Crippen molar-refractivity contribution in [3.8, 4) is 0 Å². The second-order valence-corrected chi connectivity index (χ2v) is 4.62. The summed E-state index contributed by atoms with van der Waals surface area (Å²) in [7, 11) is 3.56. The number of aliphatic imine (C=N–C) groups is 1. The maximum absolute atomic E-state index is 13.2. The van der Waals surface area contributed by atoms with Crippen LogP contribution in [0.15, 0.2) is 33.8 Å². The summed E-state index contributed by atoms with van der Waals surface area (Å²) in [6, 6.07) is 6.49. The molecule has 2 aromatic rings. The molecule has 1 heterocycles. The fourth-order valence-electron chi connectivity index (χ4n) is 1.94. The van der Waals surface area contributed by atoms with Crippen LogP contribution in [0.5, 0.6) is 0 Å². The van der Waals surface area contributed by atoms with E-state index in [1.807, 2.05) is 18.0 Å². The van der Waals surface area contributed by atoms with Gasteiger partial charge in [0.2, 0.25) is 5.89 Å². The molecule has 0 amide bonds. The van der Waals surface area contributed by atoms with E-state index in [1.165, 1.54) is 12.1 Å². The highest BCUT2D eigenvalue weighted by molar-refractivity contribution is 14.0. The smallest absolute Gasteiger partial charge is 0.246 e. The van der Waals surface area contributed by atoms with Crippen molar-refractivity contribution in [3.63, 3.8) is 0 Å². The Hall–Kier alpha value is -1.71. The number of benzene rings is 1. The first-order valence-corrected chi connectivity index (χ1v) is 6.54. The topological polar surface area (TPSA) is 66.5 Å². The van der Waals surface area contributed by atoms with Crippen molar-refractivity contribution in [2.45, 2.75) is 20.0 Å². The highest BCUT2D eigenvalue weighted by Crippen LogP contribution is 2.06. The quantitative estimate of drug-likeness (QED) is 0.468. The van der Waals surface area contributed by atoms with Gasteiger partial charge in [-0.3, -0.25) is 4.99 Å². The zero-order valence-corrected chi connectivity index (χ0v) is 15.0. The van der Waals surface area contributed by atoms with Crippen LogP contribution in [0.1, 0.15) is 17.3 Å². The fraction of sp³-hybridized carbons (Fsp3) is 0.357. The number of halogens is 2. The number of nitrogens with zero attached hydrogens (tertiary/aromatic N) is 4. The van der Waals surface area contributed by atoms with Gasteiger partial charge < -0.3 is 14.7 Å². The molecule has 0 atom stereocenters. The minimum Gasteiger partial charge on any atom is -0.347 e. The monoisotopic (exact) mass is 419 g/mol. The second kappa shape index (κ2) is 8.66. The van der Waals surface area contributed by atoms with Gasteiger partial charge in [0, 0.05) is 20.6 Å². The number of rotatable bonds is 4. The number of hydrogen-bond donors (Lipinski definition) is 1. The van der Waals surface area contributed by atoms with Gasteiger partial charge in [0.05, 0.1) is 6.54 Å². The van der Waals surface area contributed by atoms with E-state index in [9.17, 15) is 4.39 Å². The molecular formula is C14H19FIN5O. The van der Waals surface area contributed by atoms with Gasteiger partial charge >= 0.3 is 0 Å². The Morgan fingerprint density at radius 2 is 2.23 bits per heavy atom. The lowest BCUT2D eigenvalue weighted by atomic mass is 10.2. The third-order valence-electron chi connectivity index (χ3n) is 2.85. The Bertz CT molecular complexity index is 631. The van der Waals surface area contributed by atoms with Crippen molar-refractivity contribution in [1.29, 1.82) is 0 Å². The highest BCUT2D eigenvalue weighted by atomic mass is 127. The molecule has 0 radical (unpaired) electrons. The summed E-state index contributed by atoms with van der Waals surface area (Å²) in [6.07, 6.45) is 0.